The molecule has 90 valence electrons. The predicted molar refractivity (Wildman–Crippen MR) is 58.7 cm³/mol. The zero-order valence-electron chi connectivity index (χ0n) is 9.77. The molecule has 2 saturated carbocycles. The Bertz CT molecular complexity index is 303. The van der Waals surface area contributed by atoms with Crippen molar-refractivity contribution in [2.45, 2.75) is 39.2 Å². The predicted octanol–water partition coefficient (Wildman–Crippen LogP) is 1.26. The van der Waals surface area contributed by atoms with Crippen LogP contribution in [0.15, 0.2) is 0 Å². The van der Waals surface area contributed by atoms with Gasteiger partial charge in [0.05, 0.1) is 0 Å². The quantitative estimate of drug-likeness (QED) is 0.757. The monoisotopic (exact) mass is 225 g/mol. The number of carboxylic acid groups (broad SMARTS) is 1. The van der Waals surface area contributed by atoms with Gasteiger partial charge in [-0.3, -0.25) is 4.79 Å². The van der Waals surface area contributed by atoms with Crippen LogP contribution in [-0.4, -0.2) is 23.0 Å². The second-order valence-corrected chi connectivity index (χ2v) is 5.49. The van der Waals surface area contributed by atoms with Crippen LogP contribution in [0.4, 0.5) is 0 Å². The first-order valence-corrected chi connectivity index (χ1v) is 6.02. The zero-order chi connectivity index (χ0) is 11.9. The Kier molecular flexibility index (Phi) is 2.91. The lowest BCUT2D eigenvalue weighted by molar-refractivity contribution is -0.143. The molecule has 3 atom stereocenters. The SMILES string of the molecule is CC(C)C(NC(=O)C1CC2CC2C1)C(=O)O. The molecule has 2 aliphatic rings. The van der Waals surface area contributed by atoms with Crippen molar-refractivity contribution in [3.63, 3.8) is 0 Å². The summed E-state index contributed by atoms with van der Waals surface area (Å²) in [4.78, 5) is 22.8. The molecule has 2 N–H and O–H groups in total. The van der Waals surface area contributed by atoms with Gasteiger partial charge in [-0.15, -0.1) is 0 Å². The Balaban J connectivity index is 1.87. The van der Waals surface area contributed by atoms with E-state index >= 15 is 0 Å². The maximum Gasteiger partial charge on any atom is 0.326 e. The molecule has 0 spiro atoms. The average Bonchev–Trinajstić information content (AvgIpc) is 2.81. The fourth-order valence-corrected chi connectivity index (χ4v) is 2.71. The lowest BCUT2D eigenvalue weighted by Gasteiger charge is -2.20. The molecule has 2 aliphatic carbocycles. The molecule has 1 amide bonds. The lowest BCUT2D eigenvalue weighted by Crippen LogP contribution is -2.46. The van der Waals surface area contributed by atoms with E-state index in [9.17, 15) is 9.59 Å². The van der Waals surface area contributed by atoms with Crippen LogP contribution in [0, 0.1) is 23.7 Å². The van der Waals surface area contributed by atoms with Crippen LogP contribution in [0.5, 0.6) is 0 Å². The topological polar surface area (TPSA) is 66.4 Å². The van der Waals surface area contributed by atoms with Gasteiger partial charge in [-0.25, -0.2) is 4.79 Å². The summed E-state index contributed by atoms with van der Waals surface area (Å²) in [6.07, 6.45) is 3.19. The largest absolute Gasteiger partial charge is 0.480 e. The third-order valence-electron chi connectivity index (χ3n) is 3.84. The highest BCUT2D eigenvalue weighted by Crippen LogP contribution is 2.54. The van der Waals surface area contributed by atoms with Gasteiger partial charge in [0.1, 0.15) is 6.04 Å². The van der Waals surface area contributed by atoms with Crippen molar-refractivity contribution in [3.8, 4) is 0 Å². The maximum absolute atomic E-state index is 11.9. The van der Waals surface area contributed by atoms with E-state index in [4.69, 9.17) is 5.11 Å². The summed E-state index contributed by atoms with van der Waals surface area (Å²) in [5.41, 5.74) is 0. The summed E-state index contributed by atoms with van der Waals surface area (Å²) < 4.78 is 0. The van der Waals surface area contributed by atoms with Gasteiger partial charge in [0.2, 0.25) is 5.91 Å². The van der Waals surface area contributed by atoms with Crippen molar-refractivity contribution in [2.75, 3.05) is 0 Å². The molecule has 4 nitrogen and oxygen atoms in total. The number of aliphatic carboxylic acids is 1. The first-order chi connectivity index (χ1) is 7.49. The summed E-state index contributed by atoms with van der Waals surface area (Å²) in [5.74, 6) is 0.484. The van der Waals surface area contributed by atoms with Crippen LogP contribution in [0.1, 0.15) is 33.1 Å². The Morgan fingerprint density at radius 1 is 1.19 bits per heavy atom. The van der Waals surface area contributed by atoms with Crippen LogP contribution >= 0.6 is 0 Å². The Morgan fingerprint density at radius 2 is 1.75 bits per heavy atom. The molecule has 0 saturated heterocycles. The summed E-state index contributed by atoms with van der Waals surface area (Å²) >= 11 is 0. The summed E-state index contributed by atoms with van der Waals surface area (Å²) in [6, 6.07) is -0.746. The average molecular weight is 225 g/mol. The van der Waals surface area contributed by atoms with Crippen molar-refractivity contribution in [2.24, 2.45) is 23.7 Å². The van der Waals surface area contributed by atoms with E-state index in [-0.39, 0.29) is 17.7 Å². The summed E-state index contributed by atoms with van der Waals surface area (Å²) in [6.45, 7) is 3.62. The van der Waals surface area contributed by atoms with Gasteiger partial charge >= 0.3 is 5.97 Å². The highest BCUT2D eigenvalue weighted by Gasteiger charge is 2.48. The Morgan fingerprint density at radius 3 is 2.19 bits per heavy atom. The molecule has 0 aromatic carbocycles. The lowest BCUT2D eigenvalue weighted by atomic mass is 9.99. The van der Waals surface area contributed by atoms with Crippen molar-refractivity contribution in [1.29, 1.82) is 0 Å². The molecule has 0 heterocycles. The molecule has 0 aromatic heterocycles. The molecular weight excluding hydrogens is 206 g/mol. The minimum absolute atomic E-state index is 0.0596. The molecule has 0 aliphatic heterocycles. The number of carbonyl (C=O) groups is 2. The minimum Gasteiger partial charge on any atom is -0.480 e. The van der Waals surface area contributed by atoms with E-state index in [1.807, 2.05) is 13.8 Å². The van der Waals surface area contributed by atoms with Gasteiger partial charge in [-0.1, -0.05) is 13.8 Å². The summed E-state index contributed by atoms with van der Waals surface area (Å²) in [5, 5.41) is 11.6. The van der Waals surface area contributed by atoms with Crippen molar-refractivity contribution >= 4 is 11.9 Å². The van der Waals surface area contributed by atoms with E-state index in [0.717, 1.165) is 24.7 Å². The van der Waals surface area contributed by atoms with E-state index in [1.54, 1.807) is 0 Å². The van der Waals surface area contributed by atoms with Crippen LogP contribution in [0.2, 0.25) is 0 Å². The van der Waals surface area contributed by atoms with Crippen LogP contribution < -0.4 is 5.32 Å². The zero-order valence-corrected chi connectivity index (χ0v) is 9.77. The van der Waals surface area contributed by atoms with Crippen molar-refractivity contribution < 1.29 is 14.7 Å². The third kappa shape index (κ3) is 2.20. The van der Waals surface area contributed by atoms with Gasteiger partial charge in [0.15, 0.2) is 0 Å². The number of carboxylic acids is 1. The molecule has 2 fully saturated rings. The van der Waals surface area contributed by atoms with Crippen LogP contribution in [-0.2, 0) is 9.59 Å². The van der Waals surface area contributed by atoms with Crippen LogP contribution in [0.25, 0.3) is 0 Å². The van der Waals surface area contributed by atoms with E-state index in [1.165, 1.54) is 6.42 Å². The van der Waals surface area contributed by atoms with Gasteiger partial charge in [0.25, 0.3) is 0 Å². The molecule has 4 heteroatoms. The highest BCUT2D eigenvalue weighted by atomic mass is 16.4. The molecular formula is C12H19NO3. The molecule has 2 rings (SSSR count). The minimum atomic E-state index is -0.938. The number of rotatable bonds is 4. The fraction of sp³-hybridized carbons (Fsp3) is 0.833. The second kappa shape index (κ2) is 4.07. The number of nitrogens with one attached hydrogen (secondary N) is 1. The molecule has 16 heavy (non-hydrogen) atoms. The number of hydrogen-bond donors (Lipinski definition) is 2. The number of carbonyl (C=O) groups excluding carboxylic acids is 1. The van der Waals surface area contributed by atoms with Crippen molar-refractivity contribution in [3.05, 3.63) is 0 Å². The summed E-state index contributed by atoms with van der Waals surface area (Å²) in [7, 11) is 0. The first-order valence-electron chi connectivity index (χ1n) is 6.02. The van der Waals surface area contributed by atoms with Gasteiger partial charge in [-0.05, 0) is 37.0 Å². The molecule has 0 bridgehead atoms. The Hall–Kier alpha value is -1.06. The number of amides is 1. The molecule has 3 unspecified atom stereocenters. The van der Waals surface area contributed by atoms with Gasteiger partial charge < -0.3 is 10.4 Å². The van der Waals surface area contributed by atoms with Crippen molar-refractivity contribution in [1.82, 2.24) is 5.32 Å². The van der Waals surface area contributed by atoms with E-state index in [2.05, 4.69) is 5.32 Å². The van der Waals surface area contributed by atoms with E-state index in [0.29, 0.717) is 0 Å². The second-order valence-electron chi connectivity index (χ2n) is 5.49. The number of hydrogen-bond acceptors (Lipinski definition) is 2. The normalized spacial score (nSPS) is 33.3. The van der Waals surface area contributed by atoms with Crippen LogP contribution in [0.3, 0.4) is 0 Å². The fourth-order valence-electron chi connectivity index (χ4n) is 2.71. The highest BCUT2D eigenvalue weighted by molar-refractivity contribution is 5.85. The smallest absolute Gasteiger partial charge is 0.326 e. The molecule has 0 aromatic rings. The third-order valence-corrected chi connectivity index (χ3v) is 3.84. The standard InChI is InChI=1S/C12H19NO3/c1-6(2)10(12(15)16)13-11(14)9-4-7-3-8(7)5-9/h6-10H,3-5H2,1-2H3,(H,13,14)(H,15,16). The van der Waals surface area contributed by atoms with Gasteiger partial charge in [-0.2, -0.15) is 0 Å². The number of fused-ring (bicyclic) bond motifs is 1. The molecule has 0 radical (unpaired) electrons. The maximum atomic E-state index is 11.9. The van der Waals surface area contributed by atoms with E-state index < -0.39 is 12.0 Å². The Labute approximate surface area is 95.4 Å². The first kappa shape index (κ1) is 11.4. The van der Waals surface area contributed by atoms with Gasteiger partial charge in [0, 0.05) is 5.92 Å².